The van der Waals surface area contributed by atoms with Crippen molar-refractivity contribution in [1.82, 2.24) is 4.90 Å². The fraction of sp³-hybridized carbons (Fsp3) is 0.231. The van der Waals surface area contributed by atoms with Crippen LogP contribution in [0.4, 0.5) is 17.1 Å². The summed E-state index contributed by atoms with van der Waals surface area (Å²) in [4.78, 5) is 38.1. The van der Waals surface area contributed by atoms with Crippen molar-refractivity contribution < 1.29 is 22.9 Å². The van der Waals surface area contributed by atoms with Crippen molar-refractivity contribution in [3.8, 4) is 0 Å². The van der Waals surface area contributed by atoms with Gasteiger partial charge >= 0.3 is 0 Å². The summed E-state index contributed by atoms with van der Waals surface area (Å²) in [5, 5.41) is 14.5. The van der Waals surface area contributed by atoms with E-state index in [2.05, 4.69) is 5.32 Å². The number of hydrogen-bond donors (Lipinski definition) is 1. The van der Waals surface area contributed by atoms with Gasteiger partial charge in [-0.25, -0.2) is 8.42 Å². The monoisotopic (exact) mass is 520 g/mol. The van der Waals surface area contributed by atoms with Gasteiger partial charge in [0.05, 0.1) is 16.0 Å². The van der Waals surface area contributed by atoms with E-state index in [1.165, 1.54) is 24.3 Å². The molecule has 1 saturated heterocycles. The van der Waals surface area contributed by atoms with Gasteiger partial charge < -0.3 is 10.2 Å². The third-order valence-corrected chi connectivity index (χ3v) is 8.87. The fourth-order valence-corrected chi connectivity index (χ4v) is 6.66. The van der Waals surface area contributed by atoms with Crippen molar-refractivity contribution in [2.75, 3.05) is 29.3 Å². The van der Waals surface area contributed by atoms with Crippen LogP contribution in [-0.2, 0) is 25.0 Å². The van der Waals surface area contributed by atoms with Gasteiger partial charge in [-0.2, -0.15) is 0 Å². The van der Waals surface area contributed by atoms with Gasteiger partial charge in [-0.15, -0.1) is 0 Å². The average molecular weight is 521 g/mol. The number of likely N-dealkylation sites (tertiary alicyclic amines) is 1. The second-order valence-electron chi connectivity index (χ2n) is 9.03. The highest BCUT2D eigenvalue weighted by molar-refractivity contribution is 7.93. The summed E-state index contributed by atoms with van der Waals surface area (Å²) in [5.74, 6) is -0.543. The Balaban J connectivity index is 1.41. The molecule has 2 aliphatic rings. The second kappa shape index (κ2) is 9.32. The first-order chi connectivity index (χ1) is 17.7. The Morgan fingerprint density at radius 3 is 2.30 bits per heavy atom. The molecule has 5 rings (SSSR count). The molecule has 37 heavy (non-hydrogen) atoms. The van der Waals surface area contributed by atoms with E-state index in [1.807, 2.05) is 24.3 Å². The number of rotatable bonds is 6. The molecule has 1 N–H and O–H groups in total. The van der Waals surface area contributed by atoms with Crippen LogP contribution in [0.1, 0.15) is 18.4 Å². The van der Waals surface area contributed by atoms with Gasteiger partial charge in [-0.3, -0.25) is 24.0 Å². The van der Waals surface area contributed by atoms with E-state index in [1.54, 1.807) is 23.1 Å². The minimum atomic E-state index is -4.45. The molecule has 0 unspecified atom stereocenters. The molecule has 190 valence electrons. The lowest BCUT2D eigenvalue weighted by Crippen LogP contribution is -2.51. The lowest BCUT2D eigenvalue weighted by atomic mass is 9.73. The quantitative estimate of drug-likeness (QED) is 0.392. The highest BCUT2D eigenvalue weighted by Crippen LogP contribution is 2.44. The number of sulfonamides is 1. The van der Waals surface area contributed by atoms with Gasteiger partial charge in [0.15, 0.2) is 4.90 Å². The molecule has 0 radical (unpaired) electrons. The van der Waals surface area contributed by atoms with E-state index in [0.717, 1.165) is 27.7 Å². The number of para-hydroxylation sites is 3. The molecule has 0 aliphatic carbocycles. The van der Waals surface area contributed by atoms with Gasteiger partial charge in [-0.1, -0.05) is 48.5 Å². The van der Waals surface area contributed by atoms with Crippen molar-refractivity contribution in [2.24, 2.45) is 0 Å². The Kier molecular flexibility index (Phi) is 6.16. The molecule has 2 amide bonds. The molecule has 1 fully saturated rings. The van der Waals surface area contributed by atoms with Crippen LogP contribution < -0.4 is 9.62 Å². The van der Waals surface area contributed by atoms with Crippen molar-refractivity contribution in [3.05, 3.63) is 94.5 Å². The van der Waals surface area contributed by atoms with Crippen LogP contribution in [0, 0.1) is 10.1 Å². The number of anilines is 2. The number of hydrogen-bond acceptors (Lipinski definition) is 6. The van der Waals surface area contributed by atoms with Gasteiger partial charge in [0.2, 0.25) is 11.8 Å². The normalized spacial score (nSPS) is 16.2. The van der Waals surface area contributed by atoms with Gasteiger partial charge in [0, 0.05) is 24.8 Å². The Labute approximate surface area is 213 Å². The summed E-state index contributed by atoms with van der Waals surface area (Å²) in [6.07, 6.45) is 0.813. The van der Waals surface area contributed by atoms with Crippen LogP contribution in [0.15, 0.2) is 83.8 Å². The van der Waals surface area contributed by atoms with Crippen molar-refractivity contribution in [1.29, 1.82) is 0 Å². The van der Waals surface area contributed by atoms with Crippen LogP contribution in [0.3, 0.4) is 0 Å². The molecule has 11 heteroatoms. The molecule has 0 bridgehead atoms. The highest BCUT2D eigenvalue weighted by Gasteiger charge is 2.49. The predicted molar refractivity (Wildman–Crippen MR) is 137 cm³/mol. The maximum Gasteiger partial charge on any atom is 0.289 e. The SMILES string of the molecule is O=C(CN(c1ccccc1)S(=O)(=O)c1ccccc1[N+](=O)[O-])N1CCC2(CC1)C(=O)Nc1ccccc12. The van der Waals surface area contributed by atoms with E-state index < -0.39 is 43.4 Å². The fourth-order valence-electron chi connectivity index (χ4n) is 5.08. The number of amides is 2. The van der Waals surface area contributed by atoms with Crippen LogP contribution in [0.5, 0.6) is 0 Å². The molecule has 3 aromatic carbocycles. The third-order valence-electron chi connectivity index (χ3n) is 7.05. The Morgan fingerprint density at radius 2 is 1.59 bits per heavy atom. The first-order valence-electron chi connectivity index (χ1n) is 11.7. The molecule has 0 atom stereocenters. The number of carbonyl (C=O) groups excluding carboxylic acids is 2. The zero-order valence-corrected chi connectivity index (χ0v) is 20.6. The van der Waals surface area contributed by atoms with Crippen molar-refractivity contribution in [2.45, 2.75) is 23.2 Å². The van der Waals surface area contributed by atoms with Crippen LogP contribution >= 0.6 is 0 Å². The lowest BCUT2D eigenvalue weighted by molar-refractivity contribution is -0.387. The minimum Gasteiger partial charge on any atom is -0.341 e. The van der Waals surface area contributed by atoms with E-state index >= 15 is 0 Å². The van der Waals surface area contributed by atoms with Crippen LogP contribution in [0.25, 0.3) is 0 Å². The number of piperidine rings is 1. The summed E-state index contributed by atoms with van der Waals surface area (Å²) >= 11 is 0. The number of fused-ring (bicyclic) bond motifs is 2. The van der Waals surface area contributed by atoms with Crippen LogP contribution in [-0.4, -0.2) is 49.7 Å². The summed E-state index contributed by atoms with van der Waals surface area (Å²) in [5.41, 5.74) is 0.617. The summed E-state index contributed by atoms with van der Waals surface area (Å²) in [6.45, 7) is 0.0116. The largest absolute Gasteiger partial charge is 0.341 e. The minimum absolute atomic E-state index is 0.0920. The second-order valence-corrected chi connectivity index (χ2v) is 10.9. The van der Waals surface area contributed by atoms with E-state index in [9.17, 15) is 28.1 Å². The van der Waals surface area contributed by atoms with E-state index in [4.69, 9.17) is 0 Å². The molecule has 10 nitrogen and oxygen atoms in total. The number of nitrogens with zero attached hydrogens (tertiary/aromatic N) is 3. The highest BCUT2D eigenvalue weighted by atomic mass is 32.2. The van der Waals surface area contributed by atoms with Gasteiger partial charge in [0.25, 0.3) is 15.7 Å². The maximum atomic E-state index is 13.7. The average Bonchev–Trinajstić information content (AvgIpc) is 3.18. The zero-order chi connectivity index (χ0) is 26.2. The first kappa shape index (κ1) is 24.4. The van der Waals surface area contributed by atoms with E-state index in [-0.39, 0.29) is 24.7 Å². The summed E-state index contributed by atoms with van der Waals surface area (Å²) in [7, 11) is -4.45. The maximum absolute atomic E-state index is 13.7. The number of carbonyl (C=O) groups is 2. The molecular formula is C26H24N4O6S. The van der Waals surface area contributed by atoms with Crippen molar-refractivity contribution >= 4 is 38.9 Å². The first-order valence-corrected chi connectivity index (χ1v) is 13.2. The third kappa shape index (κ3) is 4.20. The molecule has 0 saturated carbocycles. The van der Waals surface area contributed by atoms with Gasteiger partial charge in [0.1, 0.15) is 6.54 Å². The Morgan fingerprint density at radius 1 is 0.973 bits per heavy atom. The van der Waals surface area contributed by atoms with Gasteiger partial charge in [-0.05, 0) is 42.7 Å². The predicted octanol–water partition coefficient (Wildman–Crippen LogP) is 3.30. The van der Waals surface area contributed by atoms with E-state index in [0.29, 0.717) is 12.8 Å². The summed E-state index contributed by atoms with van der Waals surface area (Å²) in [6, 6.07) is 20.6. The Bertz CT molecular complexity index is 1480. The number of nitro benzene ring substituents is 1. The lowest BCUT2D eigenvalue weighted by Gasteiger charge is -2.38. The number of nitro groups is 1. The molecule has 0 aromatic heterocycles. The molecule has 2 heterocycles. The zero-order valence-electron chi connectivity index (χ0n) is 19.7. The molecule has 3 aromatic rings. The van der Waals surface area contributed by atoms with Crippen molar-refractivity contribution in [3.63, 3.8) is 0 Å². The molecule has 1 spiro atoms. The van der Waals surface area contributed by atoms with Crippen LogP contribution in [0.2, 0.25) is 0 Å². The number of nitrogens with one attached hydrogen (secondary N) is 1. The Hall–Kier alpha value is -4.25. The topological polar surface area (TPSA) is 130 Å². The molecular weight excluding hydrogens is 496 g/mol. The molecule has 2 aliphatic heterocycles. The smallest absolute Gasteiger partial charge is 0.289 e. The summed E-state index contributed by atoms with van der Waals surface area (Å²) < 4.78 is 28.2. The number of benzene rings is 3. The standard InChI is InChI=1S/C26H24N4O6S/c31-24(28-16-14-26(15-17-28)20-10-4-5-11-21(20)27-25(26)32)18-29(19-8-2-1-3-9-19)37(35,36)23-13-7-6-12-22(23)30(33)34/h1-13H,14-18H2,(H,27,32).